The predicted molar refractivity (Wildman–Crippen MR) is 60.8 cm³/mol. The third kappa shape index (κ3) is 2.62. The van der Waals surface area contributed by atoms with Gasteiger partial charge in [-0.1, -0.05) is 0 Å². The van der Waals surface area contributed by atoms with Gasteiger partial charge in [-0.25, -0.2) is 4.79 Å². The zero-order valence-electron chi connectivity index (χ0n) is 8.71. The van der Waals surface area contributed by atoms with Crippen molar-refractivity contribution in [1.29, 1.82) is 0 Å². The van der Waals surface area contributed by atoms with E-state index < -0.39 is 0 Å². The second-order valence-corrected chi connectivity index (χ2v) is 3.95. The van der Waals surface area contributed by atoms with Gasteiger partial charge in [-0.15, -0.1) is 0 Å². The Balaban J connectivity index is 1.99. The van der Waals surface area contributed by atoms with E-state index in [4.69, 9.17) is 5.73 Å². The summed E-state index contributed by atoms with van der Waals surface area (Å²) in [6.07, 6.45) is 2.18. The number of benzene rings is 1. The molecule has 1 fully saturated rings. The normalized spacial score (nSPS) is 14.7. The summed E-state index contributed by atoms with van der Waals surface area (Å²) in [6, 6.07) is 5.67. The molecule has 0 bridgehead atoms. The van der Waals surface area contributed by atoms with Crippen molar-refractivity contribution in [1.82, 2.24) is 5.32 Å². The van der Waals surface area contributed by atoms with Gasteiger partial charge in [-0.2, -0.15) is 0 Å². The first-order valence-corrected chi connectivity index (χ1v) is 5.09. The van der Waals surface area contributed by atoms with E-state index in [0.29, 0.717) is 11.7 Å². The fourth-order valence-corrected chi connectivity index (χ4v) is 1.40. The third-order valence-electron chi connectivity index (χ3n) is 2.41. The topological polar surface area (TPSA) is 67.1 Å². The highest BCUT2D eigenvalue weighted by Gasteiger charge is 2.23. The Morgan fingerprint density at radius 2 is 2.20 bits per heavy atom. The van der Waals surface area contributed by atoms with Crippen molar-refractivity contribution in [3.63, 3.8) is 0 Å². The van der Waals surface area contributed by atoms with E-state index in [-0.39, 0.29) is 6.03 Å². The molecule has 1 aliphatic rings. The number of hydrogen-bond acceptors (Lipinski definition) is 2. The molecule has 0 saturated heterocycles. The van der Waals surface area contributed by atoms with Crippen molar-refractivity contribution in [3.05, 3.63) is 23.8 Å². The lowest BCUT2D eigenvalue weighted by Crippen LogP contribution is -2.30. The average Bonchev–Trinajstić information content (AvgIpc) is 2.94. The first-order valence-electron chi connectivity index (χ1n) is 5.09. The molecule has 4 N–H and O–H groups in total. The van der Waals surface area contributed by atoms with Crippen molar-refractivity contribution >= 4 is 17.4 Å². The molecular formula is C11H15N3O. The van der Waals surface area contributed by atoms with Gasteiger partial charge >= 0.3 is 6.03 Å². The minimum atomic E-state index is -0.134. The molecule has 0 atom stereocenters. The fourth-order valence-electron chi connectivity index (χ4n) is 1.40. The van der Waals surface area contributed by atoms with Crippen LogP contribution < -0.4 is 16.4 Å². The van der Waals surface area contributed by atoms with Crippen LogP contribution in [0.1, 0.15) is 18.4 Å². The van der Waals surface area contributed by atoms with Crippen LogP contribution in [-0.4, -0.2) is 12.1 Å². The number of amides is 2. The van der Waals surface area contributed by atoms with E-state index in [1.807, 2.05) is 19.1 Å². The van der Waals surface area contributed by atoms with Gasteiger partial charge in [0.25, 0.3) is 0 Å². The quantitative estimate of drug-likeness (QED) is 0.645. The number of urea groups is 1. The summed E-state index contributed by atoms with van der Waals surface area (Å²) in [5.41, 5.74) is 8.11. The molecule has 2 amide bonds. The van der Waals surface area contributed by atoms with Crippen LogP contribution in [0.4, 0.5) is 16.2 Å². The SMILES string of the molecule is Cc1cc(N)ccc1NC(=O)NC1CC1. The molecule has 2 rings (SSSR count). The van der Waals surface area contributed by atoms with Crippen molar-refractivity contribution < 1.29 is 4.79 Å². The molecule has 15 heavy (non-hydrogen) atoms. The van der Waals surface area contributed by atoms with E-state index in [1.165, 1.54) is 0 Å². The maximum absolute atomic E-state index is 11.4. The Morgan fingerprint density at radius 3 is 2.80 bits per heavy atom. The maximum atomic E-state index is 11.4. The zero-order chi connectivity index (χ0) is 10.8. The molecule has 1 aromatic rings. The highest BCUT2D eigenvalue weighted by Crippen LogP contribution is 2.20. The van der Waals surface area contributed by atoms with Gasteiger partial charge in [0.15, 0.2) is 0 Å². The average molecular weight is 205 g/mol. The molecule has 0 aliphatic heterocycles. The molecule has 4 nitrogen and oxygen atoms in total. The van der Waals surface area contributed by atoms with E-state index in [9.17, 15) is 4.79 Å². The van der Waals surface area contributed by atoms with Crippen LogP contribution in [0, 0.1) is 6.92 Å². The molecule has 0 spiro atoms. The Hall–Kier alpha value is -1.71. The van der Waals surface area contributed by atoms with Gasteiger partial charge < -0.3 is 16.4 Å². The fraction of sp³-hybridized carbons (Fsp3) is 0.364. The van der Waals surface area contributed by atoms with Gasteiger partial charge in [0.1, 0.15) is 0 Å². The number of aryl methyl sites for hydroxylation is 1. The number of carbonyl (C=O) groups is 1. The molecular weight excluding hydrogens is 190 g/mol. The van der Waals surface area contributed by atoms with Crippen molar-refractivity contribution in [2.75, 3.05) is 11.1 Å². The van der Waals surface area contributed by atoms with Crippen molar-refractivity contribution in [2.45, 2.75) is 25.8 Å². The number of nitrogen functional groups attached to an aromatic ring is 1. The number of rotatable bonds is 2. The largest absolute Gasteiger partial charge is 0.399 e. The number of nitrogens with two attached hydrogens (primary N) is 1. The number of nitrogens with one attached hydrogen (secondary N) is 2. The molecule has 0 aromatic heterocycles. The predicted octanol–water partition coefficient (Wildman–Crippen LogP) is 1.86. The molecule has 0 unspecified atom stereocenters. The van der Waals surface area contributed by atoms with Gasteiger partial charge in [0.2, 0.25) is 0 Å². The molecule has 0 radical (unpaired) electrons. The monoisotopic (exact) mass is 205 g/mol. The Morgan fingerprint density at radius 1 is 1.47 bits per heavy atom. The Labute approximate surface area is 88.9 Å². The summed E-state index contributed by atoms with van der Waals surface area (Å²) < 4.78 is 0. The standard InChI is InChI=1S/C11H15N3O/c1-7-6-8(12)2-5-10(7)14-11(15)13-9-3-4-9/h2,5-6,9H,3-4,12H2,1H3,(H2,13,14,15). The summed E-state index contributed by atoms with van der Waals surface area (Å²) >= 11 is 0. The van der Waals surface area contributed by atoms with E-state index in [2.05, 4.69) is 10.6 Å². The van der Waals surface area contributed by atoms with Crippen molar-refractivity contribution in [2.24, 2.45) is 0 Å². The van der Waals surface area contributed by atoms with Crippen LogP contribution in [0.25, 0.3) is 0 Å². The molecule has 1 aliphatic carbocycles. The molecule has 0 heterocycles. The maximum Gasteiger partial charge on any atom is 0.319 e. The van der Waals surface area contributed by atoms with Crippen LogP contribution >= 0.6 is 0 Å². The Kier molecular flexibility index (Phi) is 2.49. The lowest BCUT2D eigenvalue weighted by Gasteiger charge is -2.09. The van der Waals surface area contributed by atoms with E-state index >= 15 is 0 Å². The number of hydrogen-bond donors (Lipinski definition) is 3. The van der Waals surface area contributed by atoms with Crippen LogP contribution in [-0.2, 0) is 0 Å². The summed E-state index contributed by atoms with van der Waals surface area (Å²) in [7, 11) is 0. The van der Waals surface area contributed by atoms with Gasteiger partial charge in [-0.05, 0) is 43.5 Å². The highest BCUT2D eigenvalue weighted by molar-refractivity contribution is 5.90. The smallest absolute Gasteiger partial charge is 0.319 e. The zero-order valence-corrected chi connectivity index (χ0v) is 8.71. The summed E-state index contributed by atoms with van der Waals surface area (Å²) in [5.74, 6) is 0. The lowest BCUT2D eigenvalue weighted by atomic mass is 10.2. The minimum Gasteiger partial charge on any atom is -0.399 e. The number of carbonyl (C=O) groups excluding carboxylic acids is 1. The highest BCUT2D eigenvalue weighted by atomic mass is 16.2. The van der Waals surface area contributed by atoms with Crippen LogP contribution in [0.15, 0.2) is 18.2 Å². The van der Waals surface area contributed by atoms with Gasteiger partial charge in [-0.3, -0.25) is 0 Å². The minimum absolute atomic E-state index is 0.134. The van der Waals surface area contributed by atoms with E-state index in [0.717, 1.165) is 24.1 Å². The molecule has 1 saturated carbocycles. The first-order chi connectivity index (χ1) is 7.15. The van der Waals surface area contributed by atoms with Gasteiger partial charge in [0.05, 0.1) is 0 Å². The molecule has 1 aromatic carbocycles. The summed E-state index contributed by atoms with van der Waals surface area (Å²) in [6.45, 7) is 1.92. The first kappa shape index (κ1) is 9.83. The lowest BCUT2D eigenvalue weighted by molar-refractivity contribution is 0.251. The number of anilines is 2. The van der Waals surface area contributed by atoms with E-state index in [1.54, 1.807) is 6.07 Å². The summed E-state index contributed by atoms with van der Waals surface area (Å²) in [4.78, 5) is 11.4. The van der Waals surface area contributed by atoms with Crippen LogP contribution in [0.5, 0.6) is 0 Å². The Bertz CT molecular complexity index is 385. The molecule has 4 heteroatoms. The third-order valence-corrected chi connectivity index (χ3v) is 2.41. The molecule has 80 valence electrons. The summed E-state index contributed by atoms with van der Waals surface area (Å²) in [5, 5.41) is 5.67. The van der Waals surface area contributed by atoms with Crippen molar-refractivity contribution in [3.8, 4) is 0 Å². The second kappa shape index (κ2) is 3.81. The second-order valence-electron chi connectivity index (χ2n) is 3.95. The van der Waals surface area contributed by atoms with Gasteiger partial charge in [0, 0.05) is 17.4 Å². The van der Waals surface area contributed by atoms with Crippen LogP contribution in [0.3, 0.4) is 0 Å². The van der Waals surface area contributed by atoms with Crippen LogP contribution in [0.2, 0.25) is 0 Å².